The molecule has 34 heavy (non-hydrogen) atoms. The Labute approximate surface area is 202 Å². The van der Waals surface area contributed by atoms with Gasteiger partial charge in [0.05, 0.1) is 31.0 Å². The van der Waals surface area contributed by atoms with E-state index in [-0.39, 0.29) is 12.6 Å². The summed E-state index contributed by atoms with van der Waals surface area (Å²) in [6, 6.07) is 11.2. The van der Waals surface area contributed by atoms with Gasteiger partial charge in [-0.25, -0.2) is 8.42 Å². The number of pyridine rings is 1. The second-order valence-electron chi connectivity index (χ2n) is 8.44. The molecule has 8 nitrogen and oxygen atoms in total. The van der Waals surface area contributed by atoms with Gasteiger partial charge in [-0.15, -0.1) is 0 Å². The van der Waals surface area contributed by atoms with Crippen molar-refractivity contribution in [1.29, 1.82) is 5.26 Å². The van der Waals surface area contributed by atoms with E-state index < -0.39 is 10.0 Å². The summed E-state index contributed by atoms with van der Waals surface area (Å²) in [4.78, 5) is 10.6. The highest BCUT2D eigenvalue weighted by molar-refractivity contribution is 7.88. The van der Waals surface area contributed by atoms with E-state index >= 15 is 0 Å². The SMILES string of the molecule is CCC.CS(=O)(=O)N1Cc2cc(C#N)ccc2N(CC2=CN=CCN2)C[C@H]1Cc1cccnc1. The van der Waals surface area contributed by atoms with Gasteiger partial charge in [0.25, 0.3) is 0 Å². The van der Waals surface area contributed by atoms with Gasteiger partial charge in [0.15, 0.2) is 0 Å². The Hall–Kier alpha value is -3.22. The highest BCUT2D eigenvalue weighted by atomic mass is 32.2. The molecule has 0 aliphatic carbocycles. The molecular formula is C25H32N6O2S. The van der Waals surface area contributed by atoms with E-state index in [1.54, 1.807) is 41.2 Å². The summed E-state index contributed by atoms with van der Waals surface area (Å²) in [5.74, 6) is 0. The van der Waals surface area contributed by atoms with Crippen LogP contribution in [0.3, 0.4) is 0 Å². The van der Waals surface area contributed by atoms with Crippen LogP contribution >= 0.6 is 0 Å². The minimum absolute atomic E-state index is 0.218. The van der Waals surface area contributed by atoms with Crippen LogP contribution in [0.15, 0.2) is 59.6 Å². The quantitative estimate of drug-likeness (QED) is 0.706. The molecule has 0 fully saturated rings. The first-order valence-electron chi connectivity index (χ1n) is 11.4. The van der Waals surface area contributed by atoms with E-state index in [0.717, 1.165) is 22.5 Å². The Bertz CT molecular complexity index is 1170. The van der Waals surface area contributed by atoms with Crippen molar-refractivity contribution in [1.82, 2.24) is 14.6 Å². The third-order valence-electron chi connectivity index (χ3n) is 5.45. The fraction of sp³-hybridized carbons (Fsp3) is 0.400. The molecule has 2 aliphatic rings. The first-order chi connectivity index (χ1) is 16.4. The van der Waals surface area contributed by atoms with Crippen molar-refractivity contribution in [3.63, 3.8) is 0 Å². The van der Waals surface area contributed by atoms with Gasteiger partial charge >= 0.3 is 0 Å². The van der Waals surface area contributed by atoms with Gasteiger partial charge in [-0.05, 0) is 41.8 Å². The Balaban J connectivity index is 0.00000103. The molecule has 0 saturated carbocycles. The minimum Gasteiger partial charge on any atom is -0.381 e. The van der Waals surface area contributed by atoms with E-state index in [9.17, 15) is 13.7 Å². The number of fused-ring (bicyclic) bond motifs is 1. The van der Waals surface area contributed by atoms with Crippen LogP contribution in [0.2, 0.25) is 0 Å². The smallest absolute Gasteiger partial charge is 0.211 e. The maximum Gasteiger partial charge on any atom is 0.211 e. The first-order valence-corrected chi connectivity index (χ1v) is 13.3. The van der Waals surface area contributed by atoms with Crippen LogP contribution < -0.4 is 10.2 Å². The third kappa shape index (κ3) is 6.65. The second kappa shape index (κ2) is 11.8. The fourth-order valence-corrected chi connectivity index (χ4v) is 5.10. The maximum absolute atomic E-state index is 12.8. The lowest BCUT2D eigenvalue weighted by Crippen LogP contribution is -2.46. The lowest BCUT2D eigenvalue weighted by molar-refractivity contribution is 0.321. The molecule has 1 aromatic heterocycles. The second-order valence-corrected chi connectivity index (χ2v) is 10.4. The predicted molar refractivity (Wildman–Crippen MR) is 136 cm³/mol. The van der Waals surface area contributed by atoms with Gasteiger partial charge in [-0.1, -0.05) is 26.3 Å². The van der Waals surface area contributed by atoms with Crippen LogP contribution in [0.1, 0.15) is 37.0 Å². The molecule has 0 radical (unpaired) electrons. The van der Waals surface area contributed by atoms with Gasteiger partial charge in [-0.3, -0.25) is 9.98 Å². The number of rotatable bonds is 5. The highest BCUT2D eigenvalue weighted by Gasteiger charge is 2.33. The van der Waals surface area contributed by atoms with Crippen LogP contribution in [0.25, 0.3) is 0 Å². The van der Waals surface area contributed by atoms with Gasteiger partial charge in [0.1, 0.15) is 0 Å². The van der Waals surface area contributed by atoms with E-state index in [2.05, 4.69) is 40.1 Å². The molecule has 2 aromatic rings. The molecule has 0 amide bonds. The van der Waals surface area contributed by atoms with Gasteiger partial charge in [-0.2, -0.15) is 9.57 Å². The summed E-state index contributed by atoms with van der Waals surface area (Å²) in [5, 5.41) is 12.7. The summed E-state index contributed by atoms with van der Waals surface area (Å²) < 4.78 is 27.1. The van der Waals surface area contributed by atoms with Crippen molar-refractivity contribution in [2.75, 3.05) is 30.8 Å². The number of sulfonamides is 1. The van der Waals surface area contributed by atoms with E-state index in [4.69, 9.17) is 0 Å². The third-order valence-corrected chi connectivity index (χ3v) is 6.73. The van der Waals surface area contributed by atoms with Crippen molar-refractivity contribution in [2.45, 2.75) is 39.3 Å². The van der Waals surface area contributed by atoms with Crippen molar-refractivity contribution in [3.05, 3.63) is 71.3 Å². The van der Waals surface area contributed by atoms with E-state index in [1.807, 2.05) is 18.2 Å². The number of nitrogens with one attached hydrogen (secondary N) is 1. The number of benzene rings is 1. The van der Waals surface area contributed by atoms with Crippen LogP contribution in [-0.2, 0) is 23.0 Å². The standard InChI is InChI=1S/C22H24N6O2S.C3H8/c1-31(29,30)28-14-19-9-17(11-23)4-5-22(19)27(15-20-13-25-7-8-26-20)16-21(28)10-18-3-2-6-24-12-18;1-3-2/h2-7,9,12-13,21,26H,8,10,14-16H2,1H3;3H2,1-2H3/t21-;/m1./s1. The minimum atomic E-state index is -3.49. The number of nitrogens with zero attached hydrogens (tertiary/aromatic N) is 5. The maximum atomic E-state index is 12.8. The molecule has 1 aromatic carbocycles. The van der Waals surface area contributed by atoms with E-state index in [0.29, 0.717) is 31.6 Å². The topological polar surface area (TPSA) is 102 Å². The monoisotopic (exact) mass is 480 g/mol. The van der Waals surface area contributed by atoms with Crippen molar-refractivity contribution < 1.29 is 8.42 Å². The lowest BCUT2D eigenvalue weighted by Gasteiger charge is -2.32. The Morgan fingerprint density at radius 3 is 2.68 bits per heavy atom. The molecule has 4 rings (SSSR count). The van der Waals surface area contributed by atoms with Gasteiger partial charge in [0.2, 0.25) is 10.0 Å². The van der Waals surface area contributed by atoms with Crippen LogP contribution in [0.5, 0.6) is 0 Å². The molecule has 0 bridgehead atoms. The van der Waals surface area contributed by atoms with Gasteiger partial charge < -0.3 is 10.2 Å². The summed E-state index contributed by atoms with van der Waals surface area (Å²) in [6.07, 6.45) is 10.1. The number of hydrogen-bond donors (Lipinski definition) is 1. The zero-order valence-corrected chi connectivity index (χ0v) is 20.8. The van der Waals surface area contributed by atoms with Crippen LogP contribution in [0, 0.1) is 11.3 Å². The summed E-state index contributed by atoms with van der Waals surface area (Å²) in [5.41, 5.74) is 4.20. The van der Waals surface area contributed by atoms with Crippen LogP contribution in [-0.4, -0.2) is 55.9 Å². The zero-order valence-electron chi connectivity index (χ0n) is 20.0. The largest absolute Gasteiger partial charge is 0.381 e. The highest BCUT2D eigenvalue weighted by Crippen LogP contribution is 2.31. The van der Waals surface area contributed by atoms with Gasteiger partial charge in [0, 0.05) is 55.3 Å². The number of aromatic nitrogens is 1. The Kier molecular flexibility index (Phi) is 8.79. The summed E-state index contributed by atoms with van der Waals surface area (Å²) >= 11 is 0. The number of nitriles is 1. The molecule has 2 aliphatic heterocycles. The molecule has 0 unspecified atom stereocenters. The van der Waals surface area contributed by atoms with E-state index in [1.165, 1.54) is 12.7 Å². The molecular weight excluding hydrogens is 448 g/mol. The summed E-state index contributed by atoms with van der Waals surface area (Å²) in [7, 11) is -3.49. The zero-order chi connectivity index (χ0) is 24.6. The molecule has 3 heterocycles. The van der Waals surface area contributed by atoms with Crippen molar-refractivity contribution >= 4 is 21.9 Å². The number of aliphatic imine (C=N–C) groups is 1. The van der Waals surface area contributed by atoms with Crippen LogP contribution in [0.4, 0.5) is 5.69 Å². The normalized spacial score (nSPS) is 17.9. The molecule has 1 atom stereocenters. The molecule has 180 valence electrons. The number of anilines is 1. The predicted octanol–water partition coefficient (Wildman–Crippen LogP) is 3.08. The number of hydrogen-bond acceptors (Lipinski definition) is 7. The summed E-state index contributed by atoms with van der Waals surface area (Å²) in [6.45, 7) is 6.20. The lowest BCUT2D eigenvalue weighted by atomic mass is 10.1. The Morgan fingerprint density at radius 2 is 2.06 bits per heavy atom. The average Bonchev–Trinajstić information content (AvgIpc) is 2.97. The average molecular weight is 481 g/mol. The molecule has 0 spiro atoms. The molecule has 0 saturated heterocycles. The fourth-order valence-electron chi connectivity index (χ4n) is 4.05. The molecule has 9 heteroatoms. The Morgan fingerprint density at radius 1 is 1.26 bits per heavy atom. The molecule has 1 N–H and O–H groups in total. The van der Waals surface area contributed by atoms with Crippen molar-refractivity contribution in [2.24, 2.45) is 4.99 Å². The van der Waals surface area contributed by atoms with Crippen molar-refractivity contribution in [3.8, 4) is 6.07 Å². The first kappa shape index (κ1) is 25.4.